The average molecular weight is 212 g/mol. The minimum absolute atomic E-state index is 0.167. The van der Waals surface area contributed by atoms with Crippen LogP contribution >= 0.6 is 11.6 Å². The number of halogens is 1. The van der Waals surface area contributed by atoms with Crippen LogP contribution < -0.4 is 5.32 Å². The molecule has 1 nitrogen and oxygen atoms in total. The molecule has 0 heterocycles. The van der Waals surface area contributed by atoms with Crippen molar-refractivity contribution in [1.29, 1.82) is 0 Å². The van der Waals surface area contributed by atoms with Crippen LogP contribution in [-0.4, -0.2) is 13.1 Å². The maximum atomic E-state index is 5.85. The Morgan fingerprint density at radius 2 is 1.79 bits per heavy atom. The van der Waals surface area contributed by atoms with Gasteiger partial charge in [-0.15, -0.1) is 0 Å². The van der Waals surface area contributed by atoms with Crippen molar-refractivity contribution in [3.63, 3.8) is 0 Å². The van der Waals surface area contributed by atoms with Crippen LogP contribution in [0.25, 0.3) is 0 Å². The van der Waals surface area contributed by atoms with Crippen LogP contribution in [0.15, 0.2) is 24.3 Å². The molecule has 0 fully saturated rings. The van der Waals surface area contributed by atoms with Gasteiger partial charge < -0.3 is 5.32 Å². The summed E-state index contributed by atoms with van der Waals surface area (Å²) in [4.78, 5) is 0. The highest BCUT2D eigenvalue weighted by Gasteiger charge is 2.19. The van der Waals surface area contributed by atoms with Crippen LogP contribution in [-0.2, 0) is 5.41 Å². The van der Waals surface area contributed by atoms with Gasteiger partial charge in [0, 0.05) is 17.0 Å². The number of rotatable bonds is 4. The van der Waals surface area contributed by atoms with Crippen LogP contribution in [0.5, 0.6) is 0 Å². The van der Waals surface area contributed by atoms with E-state index >= 15 is 0 Å². The van der Waals surface area contributed by atoms with Gasteiger partial charge in [0.25, 0.3) is 0 Å². The van der Waals surface area contributed by atoms with Gasteiger partial charge in [-0.1, -0.05) is 44.5 Å². The molecule has 78 valence electrons. The maximum Gasteiger partial charge on any atom is 0.0406 e. The molecule has 0 radical (unpaired) electrons. The van der Waals surface area contributed by atoms with Gasteiger partial charge >= 0.3 is 0 Å². The van der Waals surface area contributed by atoms with Crippen molar-refractivity contribution in [3.05, 3.63) is 34.9 Å². The molecule has 0 saturated carbocycles. The normalized spacial score (nSPS) is 11.7. The second-order valence-corrected chi connectivity index (χ2v) is 4.61. The zero-order chi connectivity index (χ0) is 10.6. The second-order valence-electron chi connectivity index (χ2n) is 4.17. The van der Waals surface area contributed by atoms with E-state index in [-0.39, 0.29) is 5.41 Å². The molecule has 1 rings (SSSR count). The molecule has 0 atom stereocenters. The van der Waals surface area contributed by atoms with Gasteiger partial charge in [0.05, 0.1) is 0 Å². The molecule has 0 saturated heterocycles. The van der Waals surface area contributed by atoms with Crippen molar-refractivity contribution >= 4 is 11.6 Å². The smallest absolute Gasteiger partial charge is 0.0406 e. The van der Waals surface area contributed by atoms with Crippen LogP contribution in [0.1, 0.15) is 26.3 Å². The fourth-order valence-electron chi connectivity index (χ4n) is 1.44. The number of likely N-dealkylation sites (N-methyl/N-ethyl adjacent to an activating group) is 1. The number of nitrogens with one attached hydrogen (secondary N) is 1. The molecule has 0 aliphatic heterocycles. The highest BCUT2D eigenvalue weighted by molar-refractivity contribution is 6.30. The van der Waals surface area contributed by atoms with Crippen LogP contribution in [0, 0.1) is 0 Å². The third-order valence-corrected chi connectivity index (χ3v) is 2.69. The first-order chi connectivity index (χ1) is 6.56. The van der Waals surface area contributed by atoms with Crippen molar-refractivity contribution in [2.45, 2.75) is 26.2 Å². The molecule has 2 heteroatoms. The third-order valence-electron chi connectivity index (χ3n) is 2.44. The molecule has 0 unspecified atom stereocenters. The molecular weight excluding hydrogens is 194 g/mol. The van der Waals surface area contributed by atoms with Gasteiger partial charge in [-0.25, -0.2) is 0 Å². The lowest BCUT2D eigenvalue weighted by Crippen LogP contribution is -2.32. The highest BCUT2D eigenvalue weighted by Crippen LogP contribution is 2.23. The summed E-state index contributed by atoms with van der Waals surface area (Å²) in [6.45, 7) is 8.60. The van der Waals surface area contributed by atoms with E-state index in [1.54, 1.807) is 0 Å². The molecule has 1 aromatic rings. The fourth-order valence-corrected chi connectivity index (χ4v) is 1.57. The molecule has 0 aliphatic rings. The van der Waals surface area contributed by atoms with E-state index in [1.807, 2.05) is 12.1 Å². The van der Waals surface area contributed by atoms with E-state index in [0.29, 0.717) is 0 Å². The Bertz CT molecular complexity index is 277. The van der Waals surface area contributed by atoms with Crippen LogP contribution in [0.3, 0.4) is 0 Å². The quantitative estimate of drug-likeness (QED) is 0.807. The number of hydrogen-bond donors (Lipinski definition) is 1. The minimum atomic E-state index is 0.167. The monoisotopic (exact) mass is 211 g/mol. The Balaban J connectivity index is 2.75. The van der Waals surface area contributed by atoms with Crippen molar-refractivity contribution in [1.82, 2.24) is 5.32 Å². The van der Waals surface area contributed by atoms with Gasteiger partial charge in [0.15, 0.2) is 0 Å². The van der Waals surface area contributed by atoms with E-state index in [1.165, 1.54) is 5.56 Å². The third kappa shape index (κ3) is 3.00. The fraction of sp³-hybridized carbons (Fsp3) is 0.500. The number of hydrogen-bond acceptors (Lipinski definition) is 1. The molecule has 0 spiro atoms. The summed E-state index contributed by atoms with van der Waals surface area (Å²) in [6, 6.07) is 8.09. The Labute approximate surface area is 91.5 Å². The molecule has 1 N–H and O–H groups in total. The zero-order valence-corrected chi connectivity index (χ0v) is 9.86. The van der Waals surface area contributed by atoms with Crippen LogP contribution in [0.2, 0.25) is 5.02 Å². The summed E-state index contributed by atoms with van der Waals surface area (Å²) in [5.74, 6) is 0. The first kappa shape index (κ1) is 11.5. The summed E-state index contributed by atoms with van der Waals surface area (Å²) in [5.41, 5.74) is 1.49. The largest absolute Gasteiger partial charge is 0.316 e. The molecular formula is C12H18ClN. The van der Waals surface area contributed by atoms with Crippen LogP contribution in [0.4, 0.5) is 0 Å². The SMILES string of the molecule is CCNCC(C)(C)c1ccc(Cl)cc1. The average Bonchev–Trinajstić information content (AvgIpc) is 2.16. The maximum absolute atomic E-state index is 5.85. The minimum Gasteiger partial charge on any atom is -0.316 e. The van der Waals surface area contributed by atoms with E-state index < -0.39 is 0 Å². The van der Waals surface area contributed by atoms with Crippen molar-refractivity contribution in [3.8, 4) is 0 Å². The lowest BCUT2D eigenvalue weighted by atomic mass is 9.85. The topological polar surface area (TPSA) is 12.0 Å². The predicted octanol–water partition coefficient (Wildman–Crippen LogP) is 3.23. The molecule has 0 aromatic heterocycles. The van der Waals surface area contributed by atoms with E-state index in [4.69, 9.17) is 11.6 Å². The highest BCUT2D eigenvalue weighted by atomic mass is 35.5. The Morgan fingerprint density at radius 1 is 1.21 bits per heavy atom. The van der Waals surface area contributed by atoms with E-state index in [2.05, 4.69) is 38.2 Å². The Morgan fingerprint density at radius 3 is 2.29 bits per heavy atom. The summed E-state index contributed by atoms with van der Waals surface area (Å²) in [7, 11) is 0. The lowest BCUT2D eigenvalue weighted by Gasteiger charge is -2.25. The van der Waals surface area contributed by atoms with Gasteiger partial charge in [0.2, 0.25) is 0 Å². The summed E-state index contributed by atoms with van der Waals surface area (Å²) >= 11 is 5.85. The van der Waals surface area contributed by atoms with Gasteiger partial charge in [-0.3, -0.25) is 0 Å². The predicted molar refractivity (Wildman–Crippen MR) is 63.0 cm³/mol. The Hall–Kier alpha value is -0.530. The summed E-state index contributed by atoms with van der Waals surface area (Å²) in [5, 5.41) is 4.17. The first-order valence-corrected chi connectivity index (χ1v) is 5.41. The van der Waals surface area contributed by atoms with Gasteiger partial charge in [-0.05, 0) is 24.2 Å². The molecule has 14 heavy (non-hydrogen) atoms. The zero-order valence-electron chi connectivity index (χ0n) is 9.10. The summed E-state index contributed by atoms with van der Waals surface area (Å²) < 4.78 is 0. The Kier molecular flexibility index (Phi) is 3.97. The van der Waals surface area contributed by atoms with Crippen molar-refractivity contribution in [2.75, 3.05) is 13.1 Å². The van der Waals surface area contributed by atoms with E-state index in [0.717, 1.165) is 18.1 Å². The molecule has 1 aromatic carbocycles. The second kappa shape index (κ2) is 4.81. The van der Waals surface area contributed by atoms with Crippen molar-refractivity contribution in [2.24, 2.45) is 0 Å². The van der Waals surface area contributed by atoms with Gasteiger partial charge in [0.1, 0.15) is 0 Å². The number of benzene rings is 1. The van der Waals surface area contributed by atoms with Gasteiger partial charge in [-0.2, -0.15) is 0 Å². The van der Waals surface area contributed by atoms with Crippen molar-refractivity contribution < 1.29 is 0 Å². The first-order valence-electron chi connectivity index (χ1n) is 5.03. The van der Waals surface area contributed by atoms with E-state index in [9.17, 15) is 0 Å². The summed E-state index contributed by atoms with van der Waals surface area (Å²) in [6.07, 6.45) is 0. The standard InChI is InChI=1S/C12H18ClN/c1-4-14-9-12(2,3)10-5-7-11(13)8-6-10/h5-8,14H,4,9H2,1-3H3. The molecule has 0 aliphatic carbocycles. The molecule has 0 amide bonds. The lowest BCUT2D eigenvalue weighted by molar-refractivity contribution is 0.477. The molecule has 0 bridgehead atoms.